The highest BCUT2D eigenvalue weighted by Gasteiger charge is 2.41. The predicted molar refractivity (Wildman–Crippen MR) is 66.0 cm³/mol. The second-order valence-electron chi connectivity index (χ2n) is 3.24. The minimum Gasteiger partial charge on any atom is -0.493 e. The first-order chi connectivity index (χ1) is 8.17. The molecule has 0 aliphatic carbocycles. The number of methoxy groups -OCH3 is 2. The summed E-state index contributed by atoms with van der Waals surface area (Å²) in [5.41, 5.74) is 0. The summed E-state index contributed by atoms with van der Waals surface area (Å²) < 4.78 is 26.6. The van der Waals surface area contributed by atoms with Gasteiger partial charge < -0.3 is 22.8 Å². The van der Waals surface area contributed by atoms with Crippen molar-refractivity contribution < 1.29 is 22.8 Å². The minimum atomic E-state index is -2.81. The Morgan fingerprint density at radius 1 is 0.765 bits per heavy atom. The molecule has 0 radical (unpaired) electrons. The van der Waals surface area contributed by atoms with Crippen molar-refractivity contribution in [1.29, 1.82) is 0 Å². The lowest BCUT2D eigenvalue weighted by molar-refractivity contribution is 0.140. The van der Waals surface area contributed by atoms with Gasteiger partial charge in [-0.05, 0) is 12.1 Å². The Bertz CT molecular complexity index is 357. The number of hydrogen-bond donors (Lipinski definition) is 0. The normalized spacial score (nSPS) is 11.4. The number of rotatable bonds is 6. The van der Waals surface area contributed by atoms with E-state index in [4.69, 9.17) is 22.8 Å². The van der Waals surface area contributed by atoms with Crippen LogP contribution < -0.4 is 14.7 Å². The zero-order chi connectivity index (χ0) is 12.9. The fourth-order valence-electron chi connectivity index (χ4n) is 1.63. The first kappa shape index (κ1) is 14.0. The number of ether oxygens (including phenoxy) is 2. The van der Waals surface area contributed by atoms with Crippen LogP contribution in [0.2, 0.25) is 0 Å². The Kier molecular flexibility index (Phi) is 4.95. The molecule has 0 bridgehead atoms. The van der Waals surface area contributed by atoms with E-state index in [9.17, 15) is 0 Å². The van der Waals surface area contributed by atoms with E-state index in [-0.39, 0.29) is 0 Å². The lowest BCUT2D eigenvalue weighted by Gasteiger charge is -2.25. The van der Waals surface area contributed by atoms with E-state index >= 15 is 0 Å². The molecule has 6 heteroatoms. The Morgan fingerprint density at radius 3 is 1.71 bits per heavy atom. The summed E-state index contributed by atoms with van der Waals surface area (Å²) in [5.74, 6) is 1.27. The van der Waals surface area contributed by atoms with E-state index < -0.39 is 8.80 Å². The topological polar surface area (TPSA) is 46.2 Å². The van der Waals surface area contributed by atoms with Crippen LogP contribution in [0.1, 0.15) is 0 Å². The van der Waals surface area contributed by atoms with Crippen molar-refractivity contribution in [2.45, 2.75) is 0 Å². The third-order valence-electron chi connectivity index (χ3n) is 2.54. The van der Waals surface area contributed by atoms with Crippen LogP contribution in [-0.4, -0.2) is 44.4 Å². The van der Waals surface area contributed by atoms with Crippen molar-refractivity contribution in [3.05, 3.63) is 18.2 Å². The molecule has 1 rings (SSSR count). The first-order valence-corrected chi connectivity index (χ1v) is 6.77. The van der Waals surface area contributed by atoms with Crippen molar-refractivity contribution in [3.8, 4) is 11.5 Å². The molecule has 0 aliphatic heterocycles. The van der Waals surface area contributed by atoms with Gasteiger partial charge in [0.1, 0.15) is 0 Å². The molecule has 0 atom stereocenters. The van der Waals surface area contributed by atoms with Crippen molar-refractivity contribution in [2.24, 2.45) is 0 Å². The number of benzene rings is 1. The Hall–Kier alpha value is -1.08. The van der Waals surface area contributed by atoms with Gasteiger partial charge in [-0.1, -0.05) is 6.07 Å². The molecular formula is C11H18O5Si. The van der Waals surface area contributed by atoms with Gasteiger partial charge in [0.15, 0.2) is 11.5 Å². The first-order valence-electron chi connectivity index (χ1n) is 5.05. The van der Waals surface area contributed by atoms with Crippen LogP contribution in [0.4, 0.5) is 0 Å². The van der Waals surface area contributed by atoms with Gasteiger partial charge in [0.25, 0.3) is 0 Å². The van der Waals surface area contributed by atoms with Crippen LogP contribution >= 0.6 is 0 Å². The molecule has 96 valence electrons. The molecule has 5 nitrogen and oxygen atoms in total. The SMILES string of the molecule is COc1ccc([Si](OC)(OC)OC)cc1OC. The van der Waals surface area contributed by atoms with E-state index in [0.717, 1.165) is 5.19 Å². The highest BCUT2D eigenvalue weighted by molar-refractivity contribution is 6.75. The molecule has 0 heterocycles. The molecule has 0 saturated heterocycles. The molecule has 0 spiro atoms. The van der Waals surface area contributed by atoms with Crippen molar-refractivity contribution in [1.82, 2.24) is 0 Å². The van der Waals surface area contributed by atoms with Crippen molar-refractivity contribution >= 4 is 14.0 Å². The molecule has 17 heavy (non-hydrogen) atoms. The van der Waals surface area contributed by atoms with E-state index in [1.807, 2.05) is 12.1 Å². The monoisotopic (exact) mass is 258 g/mol. The third-order valence-corrected chi connectivity index (χ3v) is 5.17. The largest absolute Gasteiger partial charge is 0.536 e. The fraction of sp³-hybridized carbons (Fsp3) is 0.455. The average molecular weight is 258 g/mol. The highest BCUT2D eigenvalue weighted by Crippen LogP contribution is 2.25. The molecule has 1 aromatic carbocycles. The molecule has 0 N–H and O–H groups in total. The number of hydrogen-bond acceptors (Lipinski definition) is 5. The van der Waals surface area contributed by atoms with Gasteiger partial charge >= 0.3 is 8.80 Å². The maximum atomic E-state index is 5.39. The molecule has 0 fully saturated rings. The second-order valence-corrected chi connectivity index (χ2v) is 6.15. The summed E-state index contributed by atoms with van der Waals surface area (Å²) in [6.07, 6.45) is 0. The maximum absolute atomic E-state index is 5.39. The molecule has 1 aromatic rings. The van der Waals surface area contributed by atoms with Gasteiger partial charge in [-0.25, -0.2) is 0 Å². The van der Waals surface area contributed by atoms with Crippen LogP contribution in [0.5, 0.6) is 11.5 Å². The standard InChI is InChI=1S/C11H18O5Si/c1-12-10-7-6-9(8-11(10)13-2)17(14-3,15-4)16-5/h6-8H,1-5H3. The average Bonchev–Trinajstić information content (AvgIpc) is 2.41. The van der Waals surface area contributed by atoms with E-state index in [1.54, 1.807) is 41.6 Å². The van der Waals surface area contributed by atoms with E-state index in [1.165, 1.54) is 0 Å². The fourth-order valence-corrected chi connectivity index (χ4v) is 3.43. The zero-order valence-electron chi connectivity index (χ0n) is 10.8. The zero-order valence-corrected chi connectivity index (χ0v) is 11.8. The van der Waals surface area contributed by atoms with Crippen molar-refractivity contribution in [2.75, 3.05) is 35.5 Å². The maximum Gasteiger partial charge on any atom is 0.536 e. The molecular weight excluding hydrogens is 240 g/mol. The molecule has 0 aliphatic rings. The summed E-state index contributed by atoms with van der Waals surface area (Å²) in [4.78, 5) is 0. The Morgan fingerprint density at radius 2 is 1.29 bits per heavy atom. The lowest BCUT2D eigenvalue weighted by Crippen LogP contribution is -2.54. The smallest absolute Gasteiger partial charge is 0.493 e. The van der Waals surface area contributed by atoms with Crippen LogP contribution in [0.15, 0.2) is 18.2 Å². The summed E-state index contributed by atoms with van der Waals surface area (Å²) in [6, 6.07) is 5.46. The van der Waals surface area contributed by atoms with Gasteiger partial charge in [0, 0.05) is 26.5 Å². The minimum absolute atomic E-state index is 0.619. The summed E-state index contributed by atoms with van der Waals surface area (Å²) in [6.45, 7) is 0. The van der Waals surface area contributed by atoms with Crippen LogP contribution in [-0.2, 0) is 13.3 Å². The summed E-state index contributed by atoms with van der Waals surface area (Å²) in [7, 11) is 5.05. The van der Waals surface area contributed by atoms with Gasteiger partial charge in [0.2, 0.25) is 0 Å². The Balaban J connectivity index is 3.22. The molecule has 0 unspecified atom stereocenters. The quantitative estimate of drug-likeness (QED) is 0.706. The van der Waals surface area contributed by atoms with Crippen LogP contribution in [0, 0.1) is 0 Å². The van der Waals surface area contributed by atoms with Crippen molar-refractivity contribution in [3.63, 3.8) is 0 Å². The highest BCUT2D eigenvalue weighted by atomic mass is 28.4. The predicted octanol–water partition coefficient (Wildman–Crippen LogP) is 0.789. The Labute approximate surface area is 103 Å². The van der Waals surface area contributed by atoms with Crippen LogP contribution in [0.25, 0.3) is 0 Å². The van der Waals surface area contributed by atoms with E-state index in [2.05, 4.69) is 0 Å². The van der Waals surface area contributed by atoms with Gasteiger partial charge in [-0.2, -0.15) is 0 Å². The van der Waals surface area contributed by atoms with Crippen LogP contribution in [0.3, 0.4) is 0 Å². The molecule has 0 amide bonds. The van der Waals surface area contributed by atoms with Gasteiger partial charge in [-0.15, -0.1) is 0 Å². The van der Waals surface area contributed by atoms with Gasteiger partial charge in [0.05, 0.1) is 14.2 Å². The van der Waals surface area contributed by atoms with E-state index in [0.29, 0.717) is 11.5 Å². The summed E-state index contributed by atoms with van der Waals surface area (Å²) in [5, 5.41) is 0.822. The van der Waals surface area contributed by atoms with Gasteiger partial charge in [-0.3, -0.25) is 0 Å². The third kappa shape index (κ3) is 2.60. The summed E-state index contributed by atoms with van der Waals surface area (Å²) >= 11 is 0. The molecule has 0 aromatic heterocycles. The molecule has 0 saturated carbocycles. The lowest BCUT2D eigenvalue weighted by atomic mass is 10.3. The second kappa shape index (κ2) is 6.01.